The topological polar surface area (TPSA) is 57.7 Å². The van der Waals surface area contributed by atoms with Crippen LogP contribution in [0.1, 0.15) is 30.9 Å². The van der Waals surface area contributed by atoms with Crippen molar-refractivity contribution in [2.45, 2.75) is 26.2 Å². The lowest BCUT2D eigenvalue weighted by Crippen LogP contribution is -2.56. The van der Waals surface area contributed by atoms with Gasteiger partial charge in [0.05, 0.1) is 0 Å². The molecule has 0 saturated carbocycles. The van der Waals surface area contributed by atoms with Crippen LogP contribution in [0.15, 0.2) is 90.5 Å². The van der Waals surface area contributed by atoms with Gasteiger partial charge in [0.2, 0.25) is 0 Å². The first-order valence-electron chi connectivity index (χ1n) is 12.4. The van der Waals surface area contributed by atoms with Crippen LogP contribution in [0.2, 0.25) is 0 Å². The van der Waals surface area contributed by atoms with Crippen molar-refractivity contribution < 1.29 is 14.4 Å². The number of rotatable bonds is 7. The summed E-state index contributed by atoms with van der Waals surface area (Å²) in [4.78, 5) is 42.7. The number of carbonyl (C=O) groups is 3. The molecular weight excluding hydrogens is 448 g/mol. The Morgan fingerprint density at radius 1 is 0.694 bits per heavy atom. The number of nitrogens with zero attached hydrogens (tertiary/aromatic N) is 2. The molecule has 1 heterocycles. The Morgan fingerprint density at radius 3 is 2.03 bits per heavy atom. The van der Waals surface area contributed by atoms with E-state index in [2.05, 4.69) is 6.07 Å². The van der Waals surface area contributed by atoms with E-state index in [-0.39, 0.29) is 12.1 Å². The van der Waals surface area contributed by atoms with E-state index >= 15 is 0 Å². The number of barbiturate groups is 1. The van der Waals surface area contributed by atoms with Crippen molar-refractivity contribution in [1.82, 2.24) is 9.80 Å². The summed E-state index contributed by atoms with van der Waals surface area (Å²) in [6, 6.07) is 27.3. The Morgan fingerprint density at radius 2 is 1.31 bits per heavy atom. The molecule has 0 bridgehead atoms. The van der Waals surface area contributed by atoms with E-state index in [9.17, 15) is 14.4 Å². The van der Waals surface area contributed by atoms with Crippen molar-refractivity contribution in [3.63, 3.8) is 0 Å². The van der Waals surface area contributed by atoms with Gasteiger partial charge in [-0.2, -0.15) is 0 Å². The summed E-state index contributed by atoms with van der Waals surface area (Å²) in [6.07, 6.45) is 3.72. The number of urea groups is 1. The van der Waals surface area contributed by atoms with Gasteiger partial charge in [0.1, 0.15) is 5.57 Å². The van der Waals surface area contributed by atoms with Crippen molar-refractivity contribution in [1.29, 1.82) is 0 Å². The Kier molecular flexibility index (Phi) is 6.63. The molecule has 0 atom stereocenters. The van der Waals surface area contributed by atoms with Gasteiger partial charge >= 0.3 is 6.03 Å². The van der Waals surface area contributed by atoms with Gasteiger partial charge in [-0.1, -0.05) is 92.2 Å². The van der Waals surface area contributed by atoms with Gasteiger partial charge in [0.25, 0.3) is 11.8 Å². The second kappa shape index (κ2) is 10.2. The molecule has 0 radical (unpaired) electrons. The van der Waals surface area contributed by atoms with Crippen molar-refractivity contribution in [2.75, 3.05) is 13.1 Å². The van der Waals surface area contributed by atoms with Gasteiger partial charge in [0, 0.05) is 13.1 Å². The molecule has 1 aliphatic heterocycles. The molecule has 0 aliphatic carbocycles. The zero-order valence-corrected chi connectivity index (χ0v) is 20.3. The molecule has 1 fully saturated rings. The van der Waals surface area contributed by atoms with Crippen LogP contribution in [0.4, 0.5) is 4.79 Å². The molecule has 5 heteroatoms. The zero-order chi connectivity index (χ0) is 25.1. The van der Waals surface area contributed by atoms with Gasteiger partial charge in [-0.05, 0) is 57.7 Å². The summed E-state index contributed by atoms with van der Waals surface area (Å²) >= 11 is 0. The number of hydrogen-bond donors (Lipinski definition) is 0. The van der Waals surface area contributed by atoms with Crippen LogP contribution < -0.4 is 0 Å². The van der Waals surface area contributed by atoms with Crippen LogP contribution in [0.25, 0.3) is 27.6 Å². The number of carbonyl (C=O) groups excluding carboxylic acids is 3. The third-order valence-electron chi connectivity index (χ3n) is 6.71. The standard InChI is InChI=1S/C31H28N2O3/c1-2-3-18-32-29(34)28(30(35)33(31(32)36)19-17-22-11-5-4-6-12-22)21-24-20-23-13-7-8-14-25(23)27-16-10-9-15-26(24)27/h4-16,20-21H,2-3,17-19H2,1H3/b28-21-. The molecule has 0 spiro atoms. The Hall–Kier alpha value is -4.25. The number of benzene rings is 4. The Balaban J connectivity index is 1.59. The average molecular weight is 477 g/mol. The number of unbranched alkanes of at least 4 members (excludes halogenated alkanes) is 1. The minimum atomic E-state index is -0.536. The van der Waals surface area contributed by atoms with Crippen molar-refractivity contribution in [3.05, 3.63) is 102 Å². The van der Waals surface area contributed by atoms with E-state index in [4.69, 9.17) is 0 Å². The smallest absolute Gasteiger partial charge is 0.268 e. The molecule has 0 unspecified atom stereocenters. The lowest BCUT2D eigenvalue weighted by atomic mass is 9.95. The fraction of sp³-hybridized carbons (Fsp3) is 0.194. The maximum Gasteiger partial charge on any atom is 0.333 e. The zero-order valence-electron chi connectivity index (χ0n) is 20.3. The van der Waals surface area contributed by atoms with Crippen LogP contribution in [0.5, 0.6) is 0 Å². The molecule has 180 valence electrons. The summed E-state index contributed by atoms with van der Waals surface area (Å²) in [6.45, 7) is 2.52. The molecule has 1 aliphatic rings. The highest BCUT2D eigenvalue weighted by Gasteiger charge is 2.41. The van der Waals surface area contributed by atoms with Crippen molar-refractivity contribution >= 4 is 45.5 Å². The summed E-state index contributed by atoms with van der Waals surface area (Å²) in [5.41, 5.74) is 1.84. The minimum Gasteiger partial charge on any atom is -0.268 e. The molecule has 5 rings (SSSR count). The van der Waals surface area contributed by atoms with Gasteiger partial charge in [-0.15, -0.1) is 0 Å². The van der Waals surface area contributed by atoms with Gasteiger partial charge in [0.15, 0.2) is 0 Å². The molecule has 0 N–H and O–H groups in total. The van der Waals surface area contributed by atoms with Crippen molar-refractivity contribution in [3.8, 4) is 0 Å². The van der Waals surface area contributed by atoms with Gasteiger partial charge < -0.3 is 0 Å². The first-order chi connectivity index (χ1) is 17.6. The third kappa shape index (κ3) is 4.40. The van der Waals surface area contributed by atoms with Crippen LogP contribution in [-0.4, -0.2) is 40.7 Å². The predicted octanol–water partition coefficient (Wildman–Crippen LogP) is 6.21. The molecule has 5 nitrogen and oxygen atoms in total. The highest BCUT2D eigenvalue weighted by molar-refractivity contribution is 6.31. The fourth-order valence-corrected chi connectivity index (χ4v) is 4.78. The second-order valence-corrected chi connectivity index (χ2v) is 9.08. The number of hydrogen-bond acceptors (Lipinski definition) is 3. The van der Waals surface area contributed by atoms with E-state index in [1.165, 1.54) is 9.80 Å². The first-order valence-corrected chi connectivity index (χ1v) is 12.4. The SMILES string of the molecule is CCCCN1C(=O)/C(=C/c2cc3ccccc3c3ccccc23)C(=O)N(CCc2ccccc2)C1=O. The van der Waals surface area contributed by atoms with Crippen LogP contribution in [0.3, 0.4) is 0 Å². The van der Waals surface area contributed by atoms with Gasteiger partial charge in [-0.3, -0.25) is 19.4 Å². The quantitative estimate of drug-likeness (QED) is 0.181. The van der Waals surface area contributed by atoms with E-state index in [1.54, 1.807) is 6.08 Å². The van der Waals surface area contributed by atoms with Crippen LogP contribution in [0, 0.1) is 0 Å². The maximum absolute atomic E-state index is 13.6. The average Bonchev–Trinajstić information content (AvgIpc) is 2.91. The molecule has 4 amide bonds. The summed E-state index contributed by atoms with van der Waals surface area (Å²) < 4.78 is 0. The monoisotopic (exact) mass is 476 g/mol. The lowest BCUT2D eigenvalue weighted by molar-refractivity contribution is -0.135. The van der Waals surface area contributed by atoms with Crippen LogP contribution >= 0.6 is 0 Å². The normalized spacial score (nSPS) is 15.5. The Bertz CT molecular complexity index is 1490. The van der Waals surface area contributed by atoms with E-state index in [1.807, 2.05) is 85.8 Å². The maximum atomic E-state index is 13.6. The molecule has 4 aromatic carbocycles. The van der Waals surface area contributed by atoms with Crippen molar-refractivity contribution in [2.24, 2.45) is 0 Å². The third-order valence-corrected chi connectivity index (χ3v) is 6.71. The summed E-state index contributed by atoms with van der Waals surface area (Å²) in [5.74, 6) is -1.06. The largest absolute Gasteiger partial charge is 0.333 e. The number of fused-ring (bicyclic) bond motifs is 3. The summed E-state index contributed by atoms with van der Waals surface area (Å²) in [7, 11) is 0. The molecule has 0 aromatic heterocycles. The Labute approximate surface area is 210 Å². The highest BCUT2D eigenvalue weighted by Crippen LogP contribution is 2.31. The van der Waals surface area contributed by atoms with E-state index in [0.717, 1.165) is 39.1 Å². The summed E-state index contributed by atoms with van der Waals surface area (Å²) in [5, 5.41) is 4.15. The van der Waals surface area contributed by atoms with E-state index in [0.29, 0.717) is 19.4 Å². The molecule has 4 aromatic rings. The minimum absolute atomic E-state index is 0.0270. The van der Waals surface area contributed by atoms with Gasteiger partial charge in [-0.25, -0.2) is 4.79 Å². The number of imide groups is 2. The fourth-order valence-electron chi connectivity index (χ4n) is 4.78. The lowest BCUT2D eigenvalue weighted by Gasteiger charge is -2.34. The predicted molar refractivity (Wildman–Crippen MR) is 143 cm³/mol. The van der Waals surface area contributed by atoms with Crippen LogP contribution in [-0.2, 0) is 16.0 Å². The molecular formula is C31H28N2O3. The molecule has 1 saturated heterocycles. The highest BCUT2D eigenvalue weighted by atomic mass is 16.2. The number of amides is 4. The second-order valence-electron chi connectivity index (χ2n) is 9.08. The first kappa shape index (κ1) is 23.5. The molecule has 36 heavy (non-hydrogen) atoms. The van der Waals surface area contributed by atoms with E-state index < -0.39 is 17.8 Å².